The number of aryl methyl sites for hydroxylation is 1. The summed E-state index contributed by atoms with van der Waals surface area (Å²) in [5, 5.41) is 0. The van der Waals surface area contributed by atoms with Crippen molar-refractivity contribution in [3.63, 3.8) is 0 Å². The molecule has 1 atom stereocenters. The van der Waals surface area contributed by atoms with Crippen LogP contribution in [0.1, 0.15) is 27.2 Å². The van der Waals surface area contributed by atoms with E-state index in [0.717, 1.165) is 16.7 Å². The van der Waals surface area contributed by atoms with Crippen molar-refractivity contribution in [1.29, 1.82) is 0 Å². The van der Waals surface area contributed by atoms with Crippen LogP contribution in [0, 0.1) is 12.7 Å². The van der Waals surface area contributed by atoms with Crippen LogP contribution in [0.4, 0.5) is 4.39 Å². The van der Waals surface area contributed by atoms with Crippen molar-refractivity contribution < 1.29 is 13.9 Å². The Morgan fingerprint density at radius 1 is 1.18 bits per heavy atom. The first-order valence-electron chi connectivity index (χ1n) is 9.15. The van der Waals surface area contributed by atoms with Crippen LogP contribution in [0.25, 0.3) is 0 Å². The van der Waals surface area contributed by atoms with E-state index in [1.807, 2.05) is 13.0 Å². The molecule has 1 amide bonds. The van der Waals surface area contributed by atoms with Crippen molar-refractivity contribution in [2.45, 2.75) is 25.9 Å². The molecule has 4 rings (SSSR count). The van der Waals surface area contributed by atoms with E-state index in [2.05, 4.69) is 9.97 Å². The SMILES string of the molecule is Cc1ccc(OC[C@@H]2Cc3cc(F)ccc3CN2C(=O)c2ccccn2)nc1. The summed E-state index contributed by atoms with van der Waals surface area (Å²) in [5.41, 5.74) is 3.26. The summed E-state index contributed by atoms with van der Waals surface area (Å²) >= 11 is 0. The van der Waals surface area contributed by atoms with E-state index < -0.39 is 0 Å². The third-order valence-corrected chi connectivity index (χ3v) is 4.86. The van der Waals surface area contributed by atoms with Crippen LogP contribution in [-0.4, -0.2) is 33.4 Å². The molecule has 0 aliphatic carbocycles. The van der Waals surface area contributed by atoms with Crippen molar-refractivity contribution in [3.8, 4) is 5.88 Å². The first-order chi connectivity index (χ1) is 13.6. The van der Waals surface area contributed by atoms with Gasteiger partial charge in [0.15, 0.2) is 0 Å². The van der Waals surface area contributed by atoms with Crippen LogP contribution in [0.3, 0.4) is 0 Å². The van der Waals surface area contributed by atoms with Gasteiger partial charge < -0.3 is 9.64 Å². The highest BCUT2D eigenvalue weighted by Crippen LogP contribution is 2.26. The minimum absolute atomic E-state index is 0.166. The van der Waals surface area contributed by atoms with Crippen LogP contribution < -0.4 is 4.74 Å². The summed E-state index contributed by atoms with van der Waals surface area (Å²) in [4.78, 5) is 23.2. The topological polar surface area (TPSA) is 55.3 Å². The molecule has 5 nitrogen and oxygen atoms in total. The molecule has 3 heterocycles. The van der Waals surface area contributed by atoms with E-state index in [0.29, 0.717) is 24.5 Å². The minimum atomic E-state index is -0.275. The largest absolute Gasteiger partial charge is 0.475 e. The first kappa shape index (κ1) is 18.1. The van der Waals surface area contributed by atoms with Gasteiger partial charge in [-0.1, -0.05) is 18.2 Å². The molecule has 28 heavy (non-hydrogen) atoms. The Morgan fingerprint density at radius 2 is 2.07 bits per heavy atom. The maximum Gasteiger partial charge on any atom is 0.273 e. The highest BCUT2D eigenvalue weighted by atomic mass is 19.1. The van der Waals surface area contributed by atoms with Gasteiger partial charge in [0, 0.05) is 25.0 Å². The zero-order chi connectivity index (χ0) is 19.5. The highest BCUT2D eigenvalue weighted by Gasteiger charge is 2.31. The lowest BCUT2D eigenvalue weighted by Gasteiger charge is -2.36. The molecule has 0 N–H and O–H groups in total. The summed E-state index contributed by atoms with van der Waals surface area (Å²) in [7, 11) is 0. The molecule has 142 valence electrons. The smallest absolute Gasteiger partial charge is 0.273 e. The zero-order valence-corrected chi connectivity index (χ0v) is 15.5. The Morgan fingerprint density at radius 3 is 2.82 bits per heavy atom. The van der Waals surface area contributed by atoms with Gasteiger partial charge in [0.1, 0.15) is 18.1 Å². The van der Waals surface area contributed by atoms with Crippen LogP contribution in [-0.2, 0) is 13.0 Å². The molecule has 1 aromatic carbocycles. The third kappa shape index (κ3) is 3.86. The van der Waals surface area contributed by atoms with Crippen molar-refractivity contribution in [2.75, 3.05) is 6.61 Å². The Hall–Kier alpha value is -3.28. The fraction of sp³-hybridized carbons (Fsp3) is 0.227. The summed E-state index contributed by atoms with van der Waals surface area (Å²) < 4.78 is 19.5. The molecule has 0 radical (unpaired) electrons. The Bertz CT molecular complexity index is 977. The second-order valence-corrected chi connectivity index (χ2v) is 6.90. The summed E-state index contributed by atoms with van der Waals surface area (Å²) in [6, 6.07) is 13.4. The number of fused-ring (bicyclic) bond motifs is 1. The lowest BCUT2D eigenvalue weighted by Crippen LogP contribution is -2.47. The predicted molar refractivity (Wildman–Crippen MR) is 102 cm³/mol. The number of ether oxygens (including phenoxy) is 1. The van der Waals surface area contributed by atoms with Gasteiger partial charge in [-0.2, -0.15) is 0 Å². The summed E-state index contributed by atoms with van der Waals surface area (Å²) in [5.74, 6) is 0.0602. The van der Waals surface area contributed by atoms with Crippen molar-refractivity contribution in [2.24, 2.45) is 0 Å². The first-order valence-corrected chi connectivity index (χ1v) is 9.15. The molecule has 0 saturated carbocycles. The minimum Gasteiger partial charge on any atom is -0.475 e. The number of benzene rings is 1. The maximum atomic E-state index is 13.7. The molecule has 3 aromatic rings. The molecule has 0 spiro atoms. The number of nitrogens with zero attached hydrogens (tertiary/aromatic N) is 3. The van der Waals surface area contributed by atoms with Crippen molar-refractivity contribution >= 4 is 5.91 Å². The Labute approximate surface area is 162 Å². The number of aromatic nitrogens is 2. The monoisotopic (exact) mass is 377 g/mol. The van der Waals surface area contributed by atoms with Gasteiger partial charge in [0.25, 0.3) is 5.91 Å². The summed E-state index contributed by atoms with van der Waals surface area (Å²) in [6.07, 6.45) is 3.84. The van der Waals surface area contributed by atoms with E-state index >= 15 is 0 Å². The predicted octanol–water partition coefficient (Wildman–Crippen LogP) is 3.57. The zero-order valence-electron chi connectivity index (χ0n) is 15.5. The number of carbonyl (C=O) groups excluding carboxylic acids is 1. The number of pyridine rings is 2. The quantitative estimate of drug-likeness (QED) is 0.698. The van der Waals surface area contributed by atoms with Gasteiger partial charge in [-0.05, 0) is 54.3 Å². The number of rotatable bonds is 4. The van der Waals surface area contributed by atoms with E-state index in [-0.39, 0.29) is 24.4 Å². The second-order valence-electron chi connectivity index (χ2n) is 6.90. The molecule has 6 heteroatoms. The van der Waals surface area contributed by atoms with Crippen LogP contribution in [0.2, 0.25) is 0 Å². The van der Waals surface area contributed by atoms with Crippen molar-refractivity contribution in [1.82, 2.24) is 14.9 Å². The van der Waals surface area contributed by atoms with Gasteiger partial charge in [-0.15, -0.1) is 0 Å². The lowest BCUT2D eigenvalue weighted by molar-refractivity contribution is 0.0556. The molecule has 2 aromatic heterocycles. The van der Waals surface area contributed by atoms with Gasteiger partial charge in [-0.25, -0.2) is 9.37 Å². The number of amides is 1. The van der Waals surface area contributed by atoms with Crippen LogP contribution in [0.5, 0.6) is 5.88 Å². The molecule has 1 aliphatic rings. The standard InChI is InChI=1S/C22H20FN3O2/c1-15-5-8-21(25-12-15)28-14-19-11-17-10-18(23)7-6-16(17)13-26(19)22(27)20-4-2-3-9-24-20/h2-10,12,19H,11,13-14H2,1H3/t19-/m0/s1. The molecule has 1 aliphatic heterocycles. The lowest BCUT2D eigenvalue weighted by atomic mass is 9.93. The van der Waals surface area contributed by atoms with E-state index in [4.69, 9.17) is 4.74 Å². The molecular weight excluding hydrogens is 357 g/mol. The summed E-state index contributed by atoms with van der Waals surface area (Å²) in [6.45, 7) is 2.61. The average Bonchev–Trinajstić information content (AvgIpc) is 2.73. The van der Waals surface area contributed by atoms with Gasteiger partial charge in [0.05, 0.1) is 6.04 Å². The molecular formula is C22H20FN3O2. The van der Waals surface area contributed by atoms with Crippen molar-refractivity contribution in [3.05, 3.63) is 89.1 Å². The van der Waals surface area contributed by atoms with Gasteiger partial charge >= 0.3 is 0 Å². The molecule has 0 fully saturated rings. The Kier molecular flexibility index (Phi) is 5.02. The van der Waals surface area contributed by atoms with E-state index in [1.54, 1.807) is 47.6 Å². The van der Waals surface area contributed by atoms with E-state index in [1.165, 1.54) is 12.1 Å². The van der Waals surface area contributed by atoms with Crippen LogP contribution in [0.15, 0.2) is 60.9 Å². The Balaban J connectivity index is 1.59. The van der Waals surface area contributed by atoms with Crippen LogP contribution >= 0.6 is 0 Å². The average molecular weight is 377 g/mol. The molecule has 0 bridgehead atoms. The van der Waals surface area contributed by atoms with E-state index in [9.17, 15) is 9.18 Å². The highest BCUT2D eigenvalue weighted by molar-refractivity contribution is 5.92. The maximum absolute atomic E-state index is 13.7. The molecule has 0 unspecified atom stereocenters. The normalized spacial score (nSPS) is 15.8. The fourth-order valence-corrected chi connectivity index (χ4v) is 3.36. The fourth-order valence-electron chi connectivity index (χ4n) is 3.36. The van der Waals surface area contributed by atoms with Gasteiger partial charge in [0.2, 0.25) is 5.88 Å². The second kappa shape index (κ2) is 7.76. The number of hydrogen-bond acceptors (Lipinski definition) is 4. The number of carbonyl (C=O) groups is 1. The number of halogens is 1. The van der Waals surface area contributed by atoms with Gasteiger partial charge in [-0.3, -0.25) is 9.78 Å². The third-order valence-electron chi connectivity index (χ3n) is 4.86. The number of hydrogen-bond donors (Lipinski definition) is 0. The molecule has 0 saturated heterocycles.